The number of carbonyl (C=O) groups excluding carboxylic acids is 1. The minimum Gasteiger partial charge on any atom is -0.493 e. The maximum atomic E-state index is 11.4. The third kappa shape index (κ3) is 4.26. The van der Waals surface area contributed by atoms with Gasteiger partial charge in [-0.05, 0) is 13.0 Å². The number of benzene rings is 1. The lowest BCUT2D eigenvalue weighted by molar-refractivity contribution is -0.386. The number of hydrogen-bond donors (Lipinski definition) is 0. The van der Waals surface area contributed by atoms with Crippen LogP contribution in [0.2, 0.25) is 0 Å². The van der Waals surface area contributed by atoms with Crippen LogP contribution < -0.4 is 14.2 Å². The van der Waals surface area contributed by atoms with Crippen LogP contribution in [0.1, 0.15) is 12.5 Å². The van der Waals surface area contributed by atoms with Crippen molar-refractivity contribution < 1.29 is 28.7 Å². The zero-order valence-electron chi connectivity index (χ0n) is 13.3. The molecule has 0 radical (unpaired) electrons. The van der Waals surface area contributed by atoms with Gasteiger partial charge in [0.15, 0.2) is 5.75 Å². The molecule has 8 heteroatoms. The number of nitro groups is 1. The highest BCUT2D eigenvalue weighted by molar-refractivity contribution is 5.88. The van der Waals surface area contributed by atoms with Crippen molar-refractivity contribution >= 4 is 11.7 Å². The Morgan fingerprint density at radius 1 is 1.22 bits per heavy atom. The van der Waals surface area contributed by atoms with Crippen molar-refractivity contribution in [3.63, 3.8) is 0 Å². The molecular weight excluding hydrogens is 306 g/mol. The number of nitro benzene ring substituents is 1. The van der Waals surface area contributed by atoms with Gasteiger partial charge < -0.3 is 18.9 Å². The summed E-state index contributed by atoms with van der Waals surface area (Å²) in [5.41, 5.74) is -0.0513. The highest BCUT2D eigenvalue weighted by Gasteiger charge is 2.28. The molecule has 0 bridgehead atoms. The molecule has 0 aliphatic carbocycles. The molecule has 0 heterocycles. The molecular formula is C15H17NO7. The third-order valence-corrected chi connectivity index (χ3v) is 2.81. The molecule has 1 aromatic carbocycles. The number of methoxy groups -OCH3 is 3. The molecule has 1 aromatic rings. The first kappa shape index (κ1) is 18.1. The summed E-state index contributed by atoms with van der Waals surface area (Å²) in [6, 6.07) is 1.43. The maximum absolute atomic E-state index is 11.4. The summed E-state index contributed by atoms with van der Waals surface area (Å²) in [4.78, 5) is 22.0. The molecule has 0 aliphatic heterocycles. The molecule has 0 fully saturated rings. The van der Waals surface area contributed by atoms with Crippen molar-refractivity contribution in [2.24, 2.45) is 0 Å². The summed E-state index contributed by atoms with van der Waals surface area (Å²) < 4.78 is 20.0. The van der Waals surface area contributed by atoms with E-state index in [-0.39, 0.29) is 41.5 Å². The lowest BCUT2D eigenvalue weighted by atomic mass is 10.1. The van der Waals surface area contributed by atoms with Gasteiger partial charge in [-0.25, -0.2) is 4.79 Å². The van der Waals surface area contributed by atoms with Gasteiger partial charge in [0, 0.05) is 17.9 Å². The molecule has 0 N–H and O–H groups in total. The Hall–Kier alpha value is -2.95. The number of esters is 1. The summed E-state index contributed by atoms with van der Waals surface area (Å²) in [7, 11) is 4.04. The van der Waals surface area contributed by atoms with Gasteiger partial charge in [0.2, 0.25) is 11.5 Å². The number of nitrogens with zero attached hydrogens (tertiary/aromatic N) is 1. The molecule has 0 unspecified atom stereocenters. The van der Waals surface area contributed by atoms with Crippen LogP contribution in [0.15, 0.2) is 6.07 Å². The van der Waals surface area contributed by atoms with Crippen molar-refractivity contribution in [3.8, 4) is 29.1 Å². The average Bonchev–Trinajstić information content (AvgIpc) is 2.53. The molecule has 0 aliphatic rings. The standard InChI is InChI=1S/C15H17NO7/c1-5-23-12(17)8-6-7-10-9-11(20-2)14(21-3)15(22-4)13(10)16(18)19/h9H,5,7H2,1-4H3. The van der Waals surface area contributed by atoms with Crippen molar-refractivity contribution in [3.05, 3.63) is 21.7 Å². The Kier molecular flexibility index (Phi) is 6.68. The van der Waals surface area contributed by atoms with Crippen LogP contribution in [0.3, 0.4) is 0 Å². The van der Waals surface area contributed by atoms with E-state index in [2.05, 4.69) is 16.6 Å². The monoisotopic (exact) mass is 323 g/mol. The Morgan fingerprint density at radius 2 is 1.87 bits per heavy atom. The first-order valence-electron chi connectivity index (χ1n) is 6.61. The molecule has 0 amide bonds. The summed E-state index contributed by atoms with van der Waals surface area (Å²) in [5.74, 6) is 4.42. The summed E-state index contributed by atoms with van der Waals surface area (Å²) >= 11 is 0. The van der Waals surface area contributed by atoms with Crippen molar-refractivity contribution in [2.75, 3.05) is 27.9 Å². The molecule has 0 atom stereocenters. The molecule has 0 spiro atoms. The third-order valence-electron chi connectivity index (χ3n) is 2.81. The lowest BCUT2D eigenvalue weighted by Gasteiger charge is -2.14. The van der Waals surface area contributed by atoms with Gasteiger partial charge in [-0.15, -0.1) is 0 Å². The fraction of sp³-hybridized carbons (Fsp3) is 0.400. The minimum atomic E-state index is -0.692. The van der Waals surface area contributed by atoms with Crippen LogP contribution in [-0.2, 0) is 16.0 Å². The zero-order valence-corrected chi connectivity index (χ0v) is 13.3. The van der Waals surface area contributed by atoms with Gasteiger partial charge in [-0.2, -0.15) is 0 Å². The molecule has 0 aromatic heterocycles. The fourth-order valence-corrected chi connectivity index (χ4v) is 1.91. The SMILES string of the molecule is CCOC(=O)C#CCc1cc(OC)c(OC)c(OC)c1[N+](=O)[O-]. The number of hydrogen-bond acceptors (Lipinski definition) is 7. The predicted molar refractivity (Wildman–Crippen MR) is 80.9 cm³/mol. The smallest absolute Gasteiger partial charge is 0.384 e. The van der Waals surface area contributed by atoms with E-state index in [0.29, 0.717) is 0 Å². The average molecular weight is 323 g/mol. The van der Waals surface area contributed by atoms with E-state index in [1.165, 1.54) is 27.4 Å². The first-order chi connectivity index (χ1) is 11.0. The van der Waals surface area contributed by atoms with E-state index in [1.807, 2.05) is 0 Å². The van der Waals surface area contributed by atoms with Gasteiger partial charge >= 0.3 is 11.7 Å². The highest BCUT2D eigenvalue weighted by Crippen LogP contribution is 2.46. The first-order valence-corrected chi connectivity index (χ1v) is 6.61. The van der Waals surface area contributed by atoms with E-state index >= 15 is 0 Å². The van der Waals surface area contributed by atoms with Crippen LogP contribution in [0.5, 0.6) is 17.2 Å². The maximum Gasteiger partial charge on any atom is 0.384 e. The van der Waals surface area contributed by atoms with Gasteiger partial charge in [0.25, 0.3) is 0 Å². The molecule has 124 valence electrons. The zero-order chi connectivity index (χ0) is 17.4. The summed E-state index contributed by atoms with van der Waals surface area (Å²) in [5, 5.41) is 11.4. The highest BCUT2D eigenvalue weighted by atomic mass is 16.6. The normalized spacial score (nSPS) is 9.39. The lowest BCUT2D eigenvalue weighted by Crippen LogP contribution is -2.04. The quantitative estimate of drug-likeness (QED) is 0.258. The molecule has 23 heavy (non-hydrogen) atoms. The van der Waals surface area contributed by atoms with Gasteiger partial charge in [-0.1, -0.05) is 5.92 Å². The predicted octanol–water partition coefficient (Wildman–Crippen LogP) is 1.73. The Morgan fingerprint density at radius 3 is 2.35 bits per heavy atom. The Balaban J connectivity index is 3.35. The second-order valence-electron chi connectivity index (χ2n) is 4.11. The Bertz CT molecular complexity index is 658. The van der Waals surface area contributed by atoms with Crippen LogP contribution >= 0.6 is 0 Å². The van der Waals surface area contributed by atoms with Crippen LogP contribution in [0.4, 0.5) is 5.69 Å². The largest absolute Gasteiger partial charge is 0.493 e. The van der Waals surface area contributed by atoms with E-state index in [1.54, 1.807) is 6.92 Å². The summed E-state index contributed by atoms with van der Waals surface area (Å²) in [6.45, 7) is 1.86. The van der Waals surface area contributed by atoms with E-state index in [9.17, 15) is 14.9 Å². The van der Waals surface area contributed by atoms with E-state index < -0.39 is 10.9 Å². The molecule has 0 saturated carbocycles. The number of rotatable bonds is 6. The van der Waals surface area contributed by atoms with Crippen molar-refractivity contribution in [1.29, 1.82) is 0 Å². The van der Waals surface area contributed by atoms with Crippen molar-refractivity contribution in [1.82, 2.24) is 0 Å². The van der Waals surface area contributed by atoms with Crippen LogP contribution in [0, 0.1) is 22.0 Å². The fourth-order valence-electron chi connectivity index (χ4n) is 1.91. The molecule has 0 saturated heterocycles. The summed E-state index contributed by atoms with van der Waals surface area (Å²) in [6.07, 6.45) is -0.0498. The van der Waals surface area contributed by atoms with E-state index in [4.69, 9.17) is 14.2 Å². The van der Waals surface area contributed by atoms with Crippen LogP contribution in [0.25, 0.3) is 0 Å². The second kappa shape index (κ2) is 8.48. The Labute approximate surface area is 133 Å². The van der Waals surface area contributed by atoms with E-state index in [0.717, 1.165) is 0 Å². The van der Waals surface area contributed by atoms with Crippen LogP contribution in [-0.4, -0.2) is 38.8 Å². The number of carbonyl (C=O) groups is 1. The van der Waals surface area contributed by atoms with Gasteiger partial charge in [0.05, 0.1) is 32.9 Å². The topological polar surface area (TPSA) is 97.1 Å². The molecule has 8 nitrogen and oxygen atoms in total. The van der Waals surface area contributed by atoms with Gasteiger partial charge in [0.1, 0.15) is 0 Å². The molecule has 1 rings (SSSR count). The number of ether oxygens (including phenoxy) is 4. The second-order valence-corrected chi connectivity index (χ2v) is 4.11. The van der Waals surface area contributed by atoms with Gasteiger partial charge in [-0.3, -0.25) is 10.1 Å². The van der Waals surface area contributed by atoms with Crippen molar-refractivity contribution in [2.45, 2.75) is 13.3 Å². The minimum absolute atomic E-state index is 0.0498.